The maximum absolute atomic E-state index is 14.3. The Labute approximate surface area is 225 Å². The number of likely N-dealkylation sites (tertiary alicyclic amines) is 1. The van der Waals surface area contributed by atoms with Crippen molar-refractivity contribution in [2.75, 3.05) is 24.6 Å². The highest BCUT2D eigenvalue weighted by Crippen LogP contribution is 2.59. The van der Waals surface area contributed by atoms with Crippen molar-refractivity contribution in [1.29, 1.82) is 0 Å². The van der Waals surface area contributed by atoms with Crippen molar-refractivity contribution in [2.24, 2.45) is 11.8 Å². The number of amides is 3. The Balaban J connectivity index is 1.76. The number of nitrogens with zero attached hydrogens (tertiary/aromatic N) is 3. The van der Waals surface area contributed by atoms with E-state index in [0.717, 1.165) is 18.5 Å². The summed E-state index contributed by atoms with van der Waals surface area (Å²) < 4.78 is 6.59. The van der Waals surface area contributed by atoms with Gasteiger partial charge in [-0.25, -0.2) is 0 Å². The van der Waals surface area contributed by atoms with Gasteiger partial charge in [0, 0.05) is 24.8 Å². The molecule has 3 amide bonds. The van der Waals surface area contributed by atoms with Gasteiger partial charge in [-0.05, 0) is 45.2 Å². The number of hydrogen-bond acceptors (Lipinski definition) is 5. The van der Waals surface area contributed by atoms with E-state index in [2.05, 4.69) is 20.1 Å². The number of carbonyl (C=O) groups is 3. The third-order valence-electron chi connectivity index (χ3n) is 8.49. The van der Waals surface area contributed by atoms with Crippen molar-refractivity contribution >= 4 is 23.4 Å². The first-order valence-corrected chi connectivity index (χ1v) is 13.8. The second-order valence-corrected chi connectivity index (χ2v) is 10.8. The summed E-state index contributed by atoms with van der Waals surface area (Å²) >= 11 is 0. The van der Waals surface area contributed by atoms with Gasteiger partial charge in [0.05, 0.1) is 30.6 Å². The molecule has 206 valence electrons. The number of para-hydroxylation sites is 1. The number of anilines is 1. The molecule has 3 aliphatic heterocycles. The van der Waals surface area contributed by atoms with E-state index in [0.29, 0.717) is 25.9 Å². The summed E-state index contributed by atoms with van der Waals surface area (Å²) in [5.41, 5.74) is -0.386. The molecule has 3 unspecified atom stereocenters. The van der Waals surface area contributed by atoms with Crippen LogP contribution in [0, 0.1) is 11.8 Å². The largest absolute Gasteiger partial charge is 0.394 e. The van der Waals surface area contributed by atoms with E-state index in [-0.39, 0.29) is 30.4 Å². The van der Waals surface area contributed by atoms with E-state index >= 15 is 0 Å². The fourth-order valence-electron chi connectivity index (χ4n) is 6.81. The van der Waals surface area contributed by atoms with Crippen molar-refractivity contribution in [1.82, 2.24) is 9.80 Å². The van der Waals surface area contributed by atoms with Crippen LogP contribution in [-0.4, -0.2) is 82.2 Å². The number of benzene rings is 1. The van der Waals surface area contributed by atoms with Crippen molar-refractivity contribution in [3.63, 3.8) is 0 Å². The molecule has 3 fully saturated rings. The predicted molar refractivity (Wildman–Crippen MR) is 146 cm³/mol. The molecule has 0 saturated carbocycles. The summed E-state index contributed by atoms with van der Waals surface area (Å²) in [5, 5.41) is 10.1. The quantitative estimate of drug-likeness (QED) is 0.425. The van der Waals surface area contributed by atoms with Gasteiger partial charge in [0.2, 0.25) is 17.7 Å². The van der Waals surface area contributed by atoms with Crippen LogP contribution < -0.4 is 4.90 Å². The minimum absolute atomic E-state index is 0.0560. The number of carbonyl (C=O) groups excluding carboxylic acids is 3. The maximum atomic E-state index is 14.3. The predicted octanol–water partition coefficient (Wildman–Crippen LogP) is 3.16. The van der Waals surface area contributed by atoms with Gasteiger partial charge >= 0.3 is 0 Å². The minimum atomic E-state index is -1.11. The second-order valence-electron chi connectivity index (χ2n) is 10.8. The second kappa shape index (κ2) is 11.4. The smallest absolute Gasteiger partial charge is 0.248 e. The number of rotatable bonds is 12. The molecule has 7 atom stereocenters. The Hall–Kier alpha value is -2.97. The van der Waals surface area contributed by atoms with E-state index in [1.54, 1.807) is 28.9 Å². The minimum Gasteiger partial charge on any atom is -0.394 e. The number of ether oxygens (including phenoxy) is 1. The normalized spacial score (nSPS) is 29.1. The molecule has 0 radical (unpaired) electrons. The molecule has 3 heterocycles. The summed E-state index contributed by atoms with van der Waals surface area (Å²) in [5.74, 6) is -2.21. The molecule has 1 aromatic carbocycles. The molecule has 1 aromatic rings. The lowest BCUT2D eigenvalue weighted by molar-refractivity contribution is -0.152. The number of aliphatic hydroxyl groups excluding tert-OH is 1. The molecule has 3 saturated heterocycles. The fourth-order valence-corrected chi connectivity index (χ4v) is 6.81. The zero-order chi connectivity index (χ0) is 27.6. The fraction of sp³-hybridized carbons (Fsp3) is 0.567. The van der Waals surface area contributed by atoms with Gasteiger partial charge < -0.3 is 24.5 Å². The Morgan fingerprint density at radius 2 is 1.87 bits per heavy atom. The molecule has 1 spiro atoms. The SMILES string of the molecule is C=CCN(C(=O)[C@@H]1[C@@H]2CCC3(O2)C(C(=O)N(CC=C)C(C)CCC)N([C@H](C)CO)C(=O)[C@H]13)c1ccccc1. The first-order chi connectivity index (χ1) is 18.3. The molecular weight excluding hydrogens is 482 g/mol. The van der Waals surface area contributed by atoms with Crippen LogP contribution in [-0.2, 0) is 19.1 Å². The number of aliphatic hydroxyl groups is 1. The van der Waals surface area contributed by atoms with E-state index in [4.69, 9.17) is 4.74 Å². The van der Waals surface area contributed by atoms with Crippen molar-refractivity contribution in [2.45, 2.75) is 76.3 Å². The van der Waals surface area contributed by atoms with Crippen LogP contribution >= 0.6 is 0 Å². The van der Waals surface area contributed by atoms with Crippen LogP contribution in [0.25, 0.3) is 0 Å². The van der Waals surface area contributed by atoms with Gasteiger partial charge in [0.1, 0.15) is 11.6 Å². The Morgan fingerprint density at radius 3 is 2.47 bits per heavy atom. The summed E-state index contributed by atoms with van der Waals surface area (Å²) in [4.78, 5) is 47.5. The zero-order valence-corrected chi connectivity index (χ0v) is 22.8. The van der Waals surface area contributed by atoms with Gasteiger partial charge in [0.15, 0.2) is 0 Å². The van der Waals surface area contributed by atoms with E-state index in [1.807, 2.05) is 37.3 Å². The number of hydrogen-bond donors (Lipinski definition) is 1. The van der Waals surface area contributed by atoms with Crippen molar-refractivity contribution < 1.29 is 24.2 Å². The number of fused-ring (bicyclic) bond motifs is 1. The van der Waals surface area contributed by atoms with E-state index in [1.165, 1.54) is 4.90 Å². The Morgan fingerprint density at radius 1 is 1.18 bits per heavy atom. The van der Waals surface area contributed by atoms with Gasteiger partial charge in [-0.1, -0.05) is 43.7 Å². The van der Waals surface area contributed by atoms with Crippen molar-refractivity contribution in [3.8, 4) is 0 Å². The molecule has 38 heavy (non-hydrogen) atoms. The molecule has 0 aromatic heterocycles. The third-order valence-corrected chi connectivity index (χ3v) is 8.49. The summed E-state index contributed by atoms with van der Waals surface area (Å²) in [7, 11) is 0. The lowest BCUT2D eigenvalue weighted by atomic mass is 9.70. The lowest BCUT2D eigenvalue weighted by Gasteiger charge is -2.40. The highest BCUT2D eigenvalue weighted by Gasteiger charge is 2.75. The Kier molecular flexibility index (Phi) is 8.43. The van der Waals surface area contributed by atoms with Gasteiger partial charge in [-0.2, -0.15) is 0 Å². The van der Waals surface area contributed by atoms with Crippen LogP contribution in [0.15, 0.2) is 55.6 Å². The van der Waals surface area contributed by atoms with Crippen molar-refractivity contribution in [3.05, 3.63) is 55.6 Å². The standard InChI is InChI=1S/C30H41N3O5/c1-6-12-20(4)31(17-7-2)29(37)26-30-16-15-23(38-30)24(25(30)28(36)33(26)21(5)19-34)27(35)32(18-8-3)22-13-10-9-11-14-22/h7-11,13-14,20-21,23-26,34H,2-3,6,12,15-19H2,1,4-5H3/t20?,21-,23+,24-,25+,26?,30?/m1/s1. The van der Waals surface area contributed by atoms with Gasteiger partial charge in [0.25, 0.3) is 0 Å². The average Bonchev–Trinajstić information content (AvgIpc) is 3.57. The van der Waals surface area contributed by atoms with Crippen LogP contribution in [0.1, 0.15) is 46.5 Å². The molecule has 2 bridgehead atoms. The third kappa shape index (κ3) is 4.47. The first-order valence-electron chi connectivity index (χ1n) is 13.8. The Bertz CT molecular complexity index is 1060. The zero-order valence-electron chi connectivity index (χ0n) is 22.8. The molecule has 8 nitrogen and oxygen atoms in total. The van der Waals surface area contributed by atoms with Crippen LogP contribution in [0.2, 0.25) is 0 Å². The summed E-state index contributed by atoms with van der Waals surface area (Å²) in [6.45, 7) is 13.8. The molecule has 8 heteroatoms. The molecule has 1 N–H and O–H groups in total. The summed E-state index contributed by atoms with van der Waals surface area (Å²) in [6, 6.07) is 7.77. The highest BCUT2D eigenvalue weighted by molar-refractivity contribution is 6.03. The van der Waals surface area contributed by atoms with Crippen LogP contribution in [0.4, 0.5) is 5.69 Å². The van der Waals surface area contributed by atoms with Gasteiger partial charge in [-0.15, -0.1) is 13.2 Å². The topological polar surface area (TPSA) is 90.4 Å². The first kappa shape index (κ1) is 28.0. The van der Waals surface area contributed by atoms with Gasteiger partial charge in [-0.3, -0.25) is 14.4 Å². The molecule has 3 aliphatic rings. The van der Waals surface area contributed by atoms with Crippen LogP contribution in [0.3, 0.4) is 0 Å². The molecule has 0 aliphatic carbocycles. The maximum Gasteiger partial charge on any atom is 0.248 e. The van der Waals surface area contributed by atoms with E-state index < -0.39 is 35.6 Å². The molecular formula is C30H41N3O5. The van der Waals surface area contributed by atoms with Crippen LogP contribution in [0.5, 0.6) is 0 Å². The average molecular weight is 524 g/mol. The lowest BCUT2D eigenvalue weighted by Crippen LogP contribution is -2.59. The highest BCUT2D eigenvalue weighted by atomic mass is 16.5. The van der Waals surface area contributed by atoms with E-state index in [9.17, 15) is 19.5 Å². The summed E-state index contributed by atoms with van der Waals surface area (Å²) in [6.07, 6.45) is 5.74. The molecule has 4 rings (SSSR count). The monoisotopic (exact) mass is 523 g/mol.